The summed E-state index contributed by atoms with van der Waals surface area (Å²) in [6.45, 7) is 14.0. The van der Waals surface area contributed by atoms with Gasteiger partial charge in [-0.2, -0.15) is 0 Å². The molecular weight excluding hydrogens is 1400 g/mol. The smallest absolute Gasteiger partial charge is 0.399 e. The van der Waals surface area contributed by atoms with E-state index in [1.165, 1.54) is 31.3 Å². The van der Waals surface area contributed by atoms with Crippen molar-refractivity contribution in [1.29, 1.82) is 0 Å². The molecule has 0 bridgehead atoms. The molecule has 4 heterocycles. The highest BCUT2D eigenvalue weighted by atomic mass is 127. The Balaban J connectivity index is 0.000000177. The molecule has 7 aromatic carbocycles. The van der Waals surface area contributed by atoms with Crippen LogP contribution in [0.1, 0.15) is 92.9 Å². The summed E-state index contributed by atoms with van der Waals surface area (Å²) < 4.78 is 70.5. The number of aryl methyl sites for hydroxylation is 3. The molecule has 1 aliphatic rings. The highest BCUT2D eigenvalue weighted by Crippen LogP contribution is 2.37. The first kappa shape index (κ1) is 69.5. The van der Waals surface area contributed by atoms with Crippen LogP contribution < -0.4 is 16.1 Å². The minimum absolute atomic E-state index is 0.415. The monoisotopic (exact) mass is 1450 g/mol. The van der Waals surface area contributed by atoms with Crippen molar-refractivity contribution in [2.24, 2.45) is 0 Å². The lowest BCUT2D eigenvalue weighted by Gasteiger charge is -2.32. The molecular formula is C74H59BBr2F4IN5O4. The minimum Gasteiger partial charge on any atom is -0.399 e. The maximum absolute atomic E-state index is 13.8. The van der Waals surface area contributed by atoms with Crippen molar-refractivity contribution in [3.8, 4) is 47.2 Å². The minimum atomic E-state index is -0.906. The zero-order valence-corrected chi connectivity index (χ0v) is 55.8. The predicted octanol–water partition coefficient (Wildman–Crippen LogP) is 17.5. The van der Waals surface area contributed by atoms with E-state index in [1.54, 1.807) is 73.6 Å². The molecule has 11 rings (SSSR count). The number of terminal acetylenes is 1. The molecule has 0 unspecified atom stereocenters. The van der Waals surface area contributed by atoms with Crippen molar-refractivity contribution in [3.63, 3.8) is 0 Å². The highest BCUT2D eigenvalue weighted by molar-refractivity contribution is 14.1. The van der Waals surface area contributed by atoms with Gasteiger partial charge in [0.25, 0.3) is 11.8 Å². The summed E-state index contributed by atoms with van der Waals surface area (Å²) in [7, 11) is -0.520. The fourth-order valence-electron chi connectivity index (χ4n) is 8.11. The van der Waals surface area contributed by atoms with Crippen molar-refractivity contribution in [3.05, 3.63) is 305 Å². The standard InChI is InChI=1S/C27H18F2N2O.C19H20BF2NO3.C14H10BrN.C7H6BrI.C7H5N/c1-18-7-8-19(9-10-20-4-3-15-30-17-20)16-23(18)21-11-13-22(14-12-21)31-27(32)26-24(28)5-2-6-25(26)29;1-18(2)19(3,4)26-20(25-18)12-8-10-13(11-9-12)23-17(24)16-14(21)6-5-7-15(16)22;1-11-4-5-12(9-14(11)15)6-7-13-3-2-8-16-10-13;1-5-2-3-6(9)4-7(5)8;1-2-7-4-3-5-8-6-7/h2-8,11-17H,1H3,(H,31,32);5-11H,1-4H3,(H,23,24);2-5,8-10H,1H3;2-4H,1H3;1,3-6H. The molecule has 1 aliphatic heterocycles. The van der Waals surface area contributed by atoms with Crippen LogP contribution in [0.5, 0.6) is 0 Å². The number of aromatic nitrogens is 3. The molecule has 3 aromatic heterocycles. The second kappa shape index (κ2) is 33.2. The van der Waals surface area contributed by atoms with Gasteiger partial charge in [-0.15, -0.1) is 6.42 Å². The van der Waals surface area contributed by atoms with E-state index in [4.69, 9.17) is 15.7 Å². The molecule has 91 heavy (non-hydrogen) atoms. The van der Waals surface area contributed by atoms with Crippen LogP contribution in [-0.2, 0) is 9.31 Å². The number of carbonyl (C=O) groups excluding carboxylic acids is 2. The third-order valence-electron chi connectivity index (χ3n) is 13.9. The molecule has 0 saturated carbocycles. The molecule has 1 fully saturated rings. The molecule has 0 radical (unpaired) electrons. The lowest BCUT2D eigenvalue weighted by Crippen LogP contribution is -2.41. The van der Waals surface area contributed by atoms with E-state index >= 15 is 0 Å². The molecule has 2 N–H and O–H groups in total. The van der Waals surface area contributed by atoms with Crippen LogP contribution in [0.25, 0.3) is 11.1 Å². The molecule has 17 heteroatoms. The van der Waals surface area contributed by atoms with Gasteiger partial charge in [-0.25, -0.2) is 17.6 Å². The Kier molecular flexibility index (Phi) is 25.3. The fraction of sp³-hybridized carbons (Fsp3) is 0.122. The van der Waals surface area contributed by atoms with Gasteiger partial charge in [0.15, 0.2) is 0 Å². The average molecular weight is 1460 g/mol. The number of pyridine rings is 3. The van der Waals surface area contributed by atoms with Crippen molar-refractivity contribution < 1.29 is 36.5 Å². The van der Waals surface area contributed by atoms with Gasteiger partial charge < -0.3 is 19.9 Å². The van der Waals surface area contributed by atoms with Gasteiger partial charge in [-0.1, -0.05) is 116 Å². The summed E-state index contributed by atoms with van der Waals surface area (Å²) in [4.78, 5) is 36.3. The Morgan fingerprint density at radius 1 is 0.495 bits per heavy atom. The third kappa shape index (κ3) is 20.5. The van der Waals surface area contributed by atoms with E-state index in [-0.39, 0.29) is 0 Å². The molecule has 456 valence electrons. The van der Waals surface area contributed by atoms with Crippen molar-refractivity contribution in [1.82, 2.24) is 15.0 Å². The number of nitrogens with zero attached hydrogens (tertiary/aromatic N) is 3. The number of hydrogen-bond donors (Lipinski definition) is 2. The first-order valence-electron chi connectivity index (χ1n) is 28.1. The van der Waals surface area contributed by atoms with Gasteiger partial charge in [0.05, 0.1) is 11.2 Å². The van der Waals surface area contributed by atoms with Crippen LogP contribution in [0.15, 0.2) is 222 Å². The second-order valence-electron chi connectivity index (χ2n) is 21.1. The quantitative estimate of drug-likeness (QED) is 0.0737. The van der Waals surface area contributed by atoms with Crippen LogP contribution >= 0.6 is 54.5 Å². The van der Waals surface area contributed by atoms with Crippen LogP contribution in [-0.4, -0.2) is 45.1 Å². The summed E-state index contributed by atoms with van der Waals surface area (Å²) >= 11 is 9.23. The Hall–Kier alpha value is -9.00. The average Bonchev–Trinajstić information content (AvgIpc) is 1.74. The lowest BCUT2D eigenvalue weighted by molar-refractivity contribution is 0.00578. The van der Waals surface area contributed by atoms with Gasteiger partial charge >= 0.3 is 7.12 Å². The van der Waals surface area contributed by atoms with E-state index in [1.807, 2.05) is 113 Å². The predicted molar refractivity (Wildman–Crippen MR) is 370 cm³/mol. The Morgan fingerprint density at radius 3 is 1.29 bits per heavy atom. The Labute approximate surface area is 559 Å². The summed E-state index contributed by atoms with van der Waals surface area (Å²) in [5.41, 5.74) is 9.49. The number of hydrogen-bond acceptors (Lipinski definition) is 7. The zero-order valence-electron chi connectivity index (χ0n) is 50.5. The maximum atomic E-state index is 13.8. The summed E-state index contributed by atoms with van der Waals surface area (Å²) in [6, 6.07) is 50.0. The van der Waals surface area contributed by atoms with E-state index in [9.17, 15) is 27.2 Å². The summed E-state index contributed by atoms with van der Waals surface area (Å²) in [5.74, 6) is 9.59. The van der Waals surface area contributed by atoms with Gasteiger partial charge in [-0.05, 0) is 226 Å². The zero-order chi connectivity index (χ0) is 65.7. The SMILES string of the molecule is C#Cc1cccnc1.CC1(C)OB(c2ccc(NC(=O)c3c(F)cccc3F)cc2)OC1(C)C.Cc1ccc(C#Cc2cccnc2)cc1-c1ccc(NC(=O)c2c(F)cccc2F)cc1.Cc1ccc(C#Cc2cccnc2)cc1Br.Cc1ccc(I)cc1Br. The summed E-state index contributed by atoms with van der Waals surface area (Å²) in [5, 5.41) is 5.03. The van der Waals surface area contributed by atoms with Crippen molar-refractivity contribution >= 4 is 90.2 Å². The first-order chi connectivity index (χ1) is 43.5. The number of rotatable bonds is 6. The van der Waals surface area contributed by atoms with Crippen LogP contribution in [0.2, 0.25) is 0 Å². The normalized spacial score (nSPS) is 12.0. The largest absolute Gasteiger partial charge is 0.494 e. The summed E-state index contributed by atoms with van der Waals surface area (Å²) in [6.07, 6.45) is 15.3. The van der Waals surface area contributed by atoms with Crippen molar-refractivity contribution in [2.45, 2.75) is 59.7 Å². The first-order valence-corrected chi connectivity index (χ1v) is 30.7. The van der Waals surface area contributed by atoms with Gasteiger partial charge in [-0.3, -0.25) is 24.5 Å². The van der Waals surface area contributed by atoms with E-state index < -0.39 is 64.5 Å². The van der Waals surface area contributed by atoms with Crippen molar-refractivity contribution in [2.75, 3.05) is 10.6 Å². The number of anilines is 2. The molecule has 9 nitrogen and oxygen atoms in total. The Morgan fingerprint density at radius 2 is 0.890 bits per heavy atom. The fourth-order valence-corrected chi connectivity index (χ4v) is 9.79. The van der Waals surface area contributed by atoms with Crippen LogP contribution in [0.4, 0.5) is 28.9 Å². The number of halogens is 7. The second-order valence-corrected chi connectivity index (χ2v) is 24.1. The highest BCUT2D eigenvalue weighted by Gasteiger charge is 2.51. The lowest BCUT2D eigenvalue weighted by atomic mass is 9.79. The molecule has 1 saturated heterocycles. The van der Waals surface area contributed by atoms with Gasteiger partial charge in [0, 0.05) is 88.9 Å². The third-order valence-corrected chi connectivity index (χ3v) is 16.3. The Bertz CT molecular complexity index is 4270. The van der Waals surface area contributed by atoms with Crippen LogP contribution in [0.3, 0.4) is 0 Å². The number of benzene rings is 7. The molecule has 0 aliphatic carbocycles. The van der Waals surface area contributed by atoms with Gasteiger partial charge in [0.2, 0.25) is 0 Å². The maximum Gasteiger partial charge on any atom is 0.494 e. The van der Waals surface area contributed by atoms with E-state index in [0.717, 1.165) is 78.7 Å². The number of nitrogens with one attached hydrogen (secondary N) is 2. The number of amides is 2. The van der Waals surface area contributed by atoms with Gasteiger partial charge in [0.1, 0.15) is 34.4 Å². The molecule has 0 atom stereocenters. The topological polar surface area (TPSA) is 115 Å². The van der Waals surface area contributed by atoms with Crippen LogP contribution in [0, 0.1) is 83.6 Å². The van der Waals surface area contributed by atoms with E-state index in [0.29, 0.717) is 11.4 Å². The molecule has 10 aromatic rings. The number of carbonyl (C=O) groups is 2. The van der Waals surface area contributed by atoms with E-state index in [2.05, 4.69) is 148 Å². The molecule has 2 amide bonds. The molecule has 0 spiro atoms.